The van der Waals surface area contributed by atoms with Crippen molar-refractivity contribution in [3.8, 4) is 0 Å². The van der Waals surface area contributed by atoms with Gasteiger partial charge in [-0.15, -0.1) is 5.10 Å². The first-order valence-electron chi connectivity index (χ1n) is 7.78. The number of hydrogen-bond donors (Lipinski definition) is 2. The fraction of sp³-hybridized carbons (Fsp3) is 0.800. The zero-order valence-corrected chi connectivity index (χ0v) is 13.3. The average molecular weight is 293 g/mol. The molecule has 0 aliphatic heterocycles. The molecule has 1 saturated carbocycles. The van der Waals surface area contributed by atoms with Gasteiger partial charge in [0, 0.05) is 12.6 Å². The highest BCUT2D eigenvalue weighted by molar-refractivity contribution is 5.76. The Morgan fingerprint density at radius 3 is 2.76 bits per heavy atom. The summed E-state index contributed by atoms with van der Waals surface area (Å²) in [7, 11) is 0. The zero-order chi connectivity index (χ0) is 15.5. The van der Waals surface area contributed by atoms with Crippen LogP contribution in [-0.4, -0.2) is 26.9 Å². The van der Waals surface area contributed by atoms with E-state index in [2.05, 4.69) is 36.4 Å². The highest BCUT2D eigenvalue weighted by Crippen LogP contribution is 2.37. The van der Waals surface area contributed by atoms with E-state index in [1.54, 1.807) is 10.9 Å². The minimum Gasteiger partial charge on any atom is -0.351 e. The van der Waals surface area contributed by atoms with Crippen molar-refractivity contribution in [2.75, 3.05) is 0 Å². The van der Waals surface area contributed by atoms with Crippen LogP contribution in [0.25, 0.3) is 0 Å². The van der Waals surface area contributed by atoms with Crippen LogP contribution in [0.1, 0.15) is 52.1 Å². The molecule has 1 aromatic heterocycles. The average Bonchev–Trinajstić information content (AvgIpc) is 2.85. The molecule has 0 spiro atoms. The Bertz CT molecular complexity index is 477. The van der Waals surface area contributed by atoms with E-state index < -0.39 is 0 Å². The second-order valence-electron chi connectivity index (χ2n) is 7.04. The van der Waals surface area contributed by atoms with Crippen LogP contribution in [0.15, 0.2) is 6.20 Å². The minimum absolute atomic E-state index is 0.00428. The standard InChI is InChI=1S/C15H27N5O/c1-15(2,3)12-6-4-5-7-13(12)17-14(21)10-20-9-11(8-16)18-19-20/h9,12-13H,4-8,10,16H2,1-3H3,(H,17,21). The van der Waals surface area contributed by atoms with Crippen molar-refractivity contribution >= 4 is 5.91 Å². The predicted molar refractivity (Wildman–Crippen MR) is 81.3 cm³/mol. The number of nitrogens with zero attached hydrogens (tertiary/aromatic N) is 3. The summed E-state index contributed by atoms with van der Waals surface area (Å²) in [6.45, 7) is 7.32. The molecule has 2 rings (SSSR count). The number of aromatic nitrogens is 3. The third kappa shape index (κ3) is 4.27. The van der Waals surface area contributed by atoms with Gasteiger partial charge in [0.15, 0.2) is 0 Å². The zero-order valence-electron chi connectivity index (χ0n) is 13.3. The second-order valence-corrected chi connectivity index (χ2v) is 7.04. The van der Waals surface area contributed by atoms with Crippen LogP contribution in [-0.2, 0) is 17.9 Å². The van der Waals surface area contributed by atoms with Crippen LogP contribution in [0, 0.1) is 11.3 Å². The van der Waals surface area contributed by atoms with E-state index in [1.807, 2.05) is 0 Å². The quantitative estimate of drug-likeness (QED) is 0.880. The van der Waals surface area contributed by atoms with Crippen molar-refractivity contribution in [2.24, 2.45) is 17.1 Å². The molecule has 1 aliphatic rings. The lowest BCUT2D eigenvalue weighted by Gasteiger charge is -2.40. The number of amides is 1. The van der Waals surface area contributed by atoms with E-state index >= 15 is 0 Å². The number of rotatable bonds is 4. The van der Waals surface area contributed by atoms with E-state index in [9.17, 15) is 4.79 Å². The Labute approximate surface area is 126 Å². The third-order valence-corrected chi connectivity index (χ3v) is 4.33. The van der Waals surface area contributed by atoms with Gasteiger partial charge in [-0.1, -0.05) is 38.8 Å². The Morgan fingerprint density at radius 1 is 1.43 bits per heavy atom. The van der Waals surface area contributed by atoms with Crippen molar-refractivity contribution in [3.05, 3.63) is 11.9 Å². The Kier molecular flexibility index (Phi) is 4.98. The number of nitrogens with two attached hydrogens (primary N) is 1. The van der Waals surface area contributed by atoms with Crippen LogP contribution in [0.4, 0.5) is 0 Å². The smallest absolute Gasteiger partial charge is 0.242 e. The topological polar surface area (TPSA) is 85.8 Å². The second kappa shape index (κ2) is 6.56. The van der Waals surface area contributed by atoms with Gasteiger partial charge in [-0.2, -0.15) is 0 Å². The molecular formula is C15H27N5O. The summed E-state index contributed by atoms with van der Waals surface area (Å²) >= 11 is 0. The van der Waals surface area contributed by atoms with Gasteiger partial charge in [0.2, 0.25) is 5.91 Å². The summed E-state index contributed by atoms with van der Waals surface area (Å²) in [5, 5.41) is 11.0. The lowest BCUT2D eigenvalue weighted by Crippen LogP contribution is -2.47. The minimum atomic E-state index is 0.00428. The van der Waals surface area contributed by atoms with Crippen molar-refractivity contribution in [3.63, 3.8) is 0 Å². The molecule has 0 aromatic carbocycles. The van der Waals surface area contributed by atoms with E-state index in [0.29, 0.717) is 18.2 Å². The van der Waals surface area contributed by atoms with Gasteiger partial charge < -0.3 is 11.1 Å². The largest absolute Gasteiger partial charge is 0.351 e. The summed E-state index contributed by atoms with van der Waals surface area (Å²) in [6.07, 6.45) is 6.44. The molecule has 3 N–H and O–H groups in total. The fourth-order valence-electron chi connectivity index (χ4n) is 3.25. The summed E-state index contributed by atoms with van der Waals surface area (Å²) in [6, 6.07) is 0.267. The Balaban J connectivity index is 1.94. The molecule has 1 aromatic rings. The molecule has 1 fully saturated rings. The maximum Gasteiger partial charge on any atom is 0.242 e. The molecule has 6 heteroatoms. The first kappa shape index (κ1) is 15.9. The molecule has 2 atom stereocenters. The van der Waals surface area contributed by atoms with Crippen molar-refractivity contribution in [2.45, 2.75) is 65.6 Å². The maximum atomic E-state index is 12.2. The third-order valence-electron chi connectivity index (χ3n) is 4.33. The molecule has 1 amide bonds. The van der Waals surface area contributed by atoms with Gasteiger partial charge in [-0.25, -0.2) is 4.68 Å². The highest BCUT2D eigenvalue weighted by Gasteiger charge is 2.34. The van der Waals surface area contributed by atoms with Crippen molar-refractivity contribution in [1.29, 1.82) is 0 Å². The SMILES string of the molecule is CC(C)(C)C1CCCCC1NC(=O)Cn1cc(CN)nn1. The summed E-state index contributed by atoms with van der Waals surface area (Å²) in [5.41, 5.74) is 6.42. The normalized spacial score (nSPS) is 23.0. The fourth-order valence-corrected chi connectivity index (χ4v) is 3.25. The lowest BCUT2D eigenvalue weighted by molar-refractivity contribution is -0.123. The number of hydrogen-bond acceptors (Lipinski definition) is 4. The van der Waals surface area contributed by atoms with Gasteiger partial charge in [-0.05, 0) is 24.2 Å². The van der Waals surface area contributed by atoms with E-state index in [1.165, 1.54) is 19.3 Å². The lowest BCUT2D eigenvalue weighted by atomic mass is 9.69. The van der Waals surface area contributed by atoms with Gasteiger partial charge in [0.25, 0.3) is 0 Å². The molecule has 118 valence electrons. The Morgan fingerprint density at radius 2 is 2.14 bits per heavy atom. The van der Waals surface area contributed by atoms with Gasteiger partial charge in [0.1, 0.15) is 6.54 Å². The van der Waals surface area contributed by atoms with E-state index in [4.69, 9.17) is 5.73 Å². The van der Waals surface area contributed by atoms with Crippen LogP contribution < -0.4 is 11.1 Å². The van der Waals surface area contributed by atoms with Crippen LogP contribution in [0.3, 0.4) is 0 Å². The first-order valence-corrected chi connectivity index (χ1v) is 7.78. The Hall–Kier alpha value is -1.43. The van der Waals surface area contributed by atoms with E-state index in [-0.39, 0.29) is 23.9 Å². The number of carbonyl (C=O) groups is 1. The van der Waals surface area contributed by atoms with Crippen LogP contribution in [0.5, 0.6) is 0 Å². The van der Waals surface area contributed by atoms with Crippen LogP contribution in [0.2, 0.25) is 0 Å². The maximum absolute atomic E-state index is 12.2. The molecule has 1 aliphatic carbocycles. The molecule has 0 radical (unpaired) electrons. The number of nitrogens with one attached hydrogen (secondary N) is 1. The van der Waals surface area contributed by atoms with Crippen molar-refractivity contribution < 1.29 is 4.79 Å². The molecule has 0 saturated heterocycles. The van der Waals surface area contributed by atoms with Gasteiger partial charge in [0.05, 0.1) is 11.9 Å². The molecule has 0 bridgehead atoms. The summed E-state index contributed by atoms with van der Waals surface area (Å²) in [4.78, 5) is 12.2. The highest BCUT2D eigenvalue weighted by atomic mass is 16.2. The summed E-state index contributed by atoms with van der Waals surface area (Å²) in [5.74, 6) is 0.537. The first-order chi connectivity index (χ1) is 9.90. The summed E-state index contributed by atoms with van der Waals surface area (Å²) < 4.78 is 1.55. The molecule has 1 heterocycles. The van der Waals surface area contributed by atoms with Gasteiger partial charge in [-0.3, -0.25) is 4.79 Å². The molecule has 21 heavy (non-hydrogen) atoms. The van der Waals surface area contributed by atoms with E-state index in [0.717, 1.165) is 6.42 Å². The predicted octanol–water partition coefficient (Wildman–Crippen LogP) is 1.46. The number of carbonyl (C=O) groups excluding carboxylic acids is 1. The van der Waals surface area contributed by atoms with Crippen LogP contribution >= 0.6 is 0 Å². The molecule has 6 nitrogen and oxygen atoms in total. The van der Waals surface area contributed by atoms with Gasteiger partial charge >= 0.3 is 0 Å². The molecule has 2 unspecified atom stereocenters. The van der Waals surface area contributed by atoms with Crippen molar-refractivity contribution in [1.82, 2.24) is 20.3 Å². The molecular weight excluding hydrogens is 266 g/mol. The monoisotopic (exact) mass is 293 g/mol.